The van der Waals surface area contributed by atoms with Gasteiger partial charge in [0.15, 0.2) is 5.78 Å². The second kappa shape index (κ2) is 11.9. The van der Waals surface area contributed by atoms with Gasteiger partial charge in [0, 0.05) is 46.6 Å². The fourth-order valence-corrected chi connectivity index (χ4v) is 5.42. The molecule has 1 aliphatic carbocycles. The van der Waals surface area contributed by atoms with Gasteiger partial charge in [0.2, 0.25) is 11.8 Å². The van der Waals surface area contributed by atoms with Gasteiger partial charge in [-0.2, -0.15) is 26.3 Å². The van der Waals surface area contributed by atoms with Crippen LogP contribution in [0, 0.1) is 17.8 Å². The van der Waals surface area contributed by atoms with E-state index >= 15 is 0 Å². The van der Waals surface area contributed by atoms with Gasteiger partial charge in [-0.1, -0.05) is 36.6 Å². The summed E-state index contributed by atoms with van der Waals surface area (Å²) in [4.78, 5) is 40.5. The first kappa shape index (κ1) is 30.7. The number of alkyl halides is 6. The highest BCUT2D eigenvalue weighted by Crippen LogP contribution is 2.40. The van der Waals surface area contributed by atoms with E-state index in [0.717, 1.165) is 25.0 Å². The van der Waals surface area contributed by atoms with Crippen molar-refractivity contribution >= 4 is 40.6 Å². The van der Waals surface area contributed by atoms with E-state index in [-0.39, 0.29) is 36.0 Å². The molecule has 222 valence electrons. The maximum atomic E-state index is 13.5. The van der Waals surface area contributed by atoms with E-state index in [1.807, 2.05) is 0 Å². The molecule has 1 saturated carbocycles. The molecule has 0 saturated heterocycles. The molecule has 41 heavy (non-hydrogen) atoms. The number of benzene rings is 2. The van der Waals surface area contributed by atoms with Gasteiger partial charge < -0.3 is 16.0 Å². The number of rotatable bonds is 9. The van der Waals surface area contributed by atoms with Gasteiger partial charge in [-0.15, -0.1) is 0 Å². The maximum absolute atomic E-state index is 13.5. The van der Waals surface area contributed by atoms with E-state index in [2.05, 4.69) is 5.32 Å². The number of nitrogens with two attached hydrogens (primary N) is 1. The van der Waals surface area contributed by atoms with Crippen LogP contribution in [0.4, 0.5) is 37.7 Å². The lowest BCUT2D eigenvalue weighted by Gasteiger charge is -2.30. The third kappa shape index (κ3) is 7.72. The summed E-state index contributed by atoms with van der Waals surface area (Å²) in [5, 5.41) is 2.68. The fraction of sp³-hybridized carbons (Fsp3) is 0.464. The molecule has 0 spiro atoms. The highest BCUT2D eigenvalue weighted by atomic mass is 35.5. The molecule has 3 N–H and O–H groups in total. The van der Waals surface area contributed by atoms with Gasteiger partial charge in [0.05, 0.1) is 12.1 Å². The van der Waals surface area contributed by atoms with Gasteiger partial charge in [0.1, 0.15) is 6.04 Å². The zero-order valence-electron chi connectivity index (χ0n) is 21.7. The lowest BCUT2D eigenvalue weighted by Crippen LogP contribution is -2.51. The van der Waals surface area contributed by atoms with E-state index in [1.54, 1.807) is 12.1 Å². The monoisotopic (exact) mass is 603 g/mol. The van der Waals surface area contributed by atoms with Crippen molar-refractivity contribution in [2.75, 3.05) is 11.4 Å². The molecule has 13 heteroatoms. The lowest BCUT2D eigenvalue weighted by atomic mass is 9.83. The number of Topliss-reactive ketones (excluding diaryl/α,β-unsaturated/α-hetero) is 1. The summed E-state index contributed by atoms with van der Waals surface area (Å²) in [6, 6.07) is 7.70. The Hall–Kier alpha value is -3.28. The topological polar surface area (TPSA) is 92.5 Å². The standard InChI is InChI=1S/C28H28ClF6N3O3/c29-21-5-2-6-23-20(21)13-24(39)22(14-38(23)17-4-1-3-16(12-17)28(33,34)35)37-26(41)18(9-10-27(30,31)32)19(25(36)40)11-15-7-8-15/h1-6,12,15,18-19,22H,7-11,13-14H2,(H2,36,40)(H,37,41)/t18-,19+,22+/m1/s1. The van der Waals surface area contributed by atoms with Crippen LogP contribution in [0.2, 0.25) is 5.02 Å². The number of nitrogens with zero attached hydrogens (tertiary/aromatic N) is 1. The first-order chi connectivity index (χ1) is 19.1. The van der Waals surface area contributed by atoms with Gasteiger partial charge >= 0.3 is 12.4 Å². The number of carbonyl (C=O) groups is 3. The van der Waals surface area contributed by atoms with Crippen LogP contribution < -0.4 is 16.0 Å². The number of hydrogen-bond donors (Lipinski definition) is 2. The molecule has 2 aromatic rings. The fourth-order valence-electron chi connectivity index (χ4n) is 5.18. The summed E-state index contributed by atoms with van der Waals surface area (Å²) in [5.41, 5.74) is 5.31. The number of carbonyl (C=O) groups excluding carboxylic acids is 3. The zero-order chi connectivity index (χ0) is 30.1. The van der Waals surface area contributed by atoms with E-state index in [1.165, 1.54) is 23.1 Å². The molecule has 2 amide bonds. The molecule has 0 aromatic heterocycles. The molecule has 1 fully saturated rings. The van der Waals surface area contributed by atoms with Gasteiger partial charge in [-0.3, -0.25) is 14.4 Å². The molecular formula is C28H28ClF6N3O3. The smallest absolute Gasteiger partial charge is 0.369 e. The normalized spacial score (nSPS) is 19.2. The number of ketones is 1. The summed E-state index contributed by atoms with van der Waals surface area (Å²) >= 11 is 6.35. The van der Waals surface area contributed by atoms with Crippen molar-refractivity contribution in [3.8, 4) is 0 Å². The Morgan fingerprint density at radius 3 is 2.34 bits per heavy atom. The van der Waals surface area contributed by atoms with Crippen LogP contribution in [-0.2, 0) is 27.0 Å². The second-order valence-corrected chi connectivity index (χ2v) is 11.0. The van der Waals surface area contributed by atoms with Gasteiger partial charge in [-0.25, -0.2) is 0 Å². The molecule has 0 unspecified atom stereocenters. The number of amides is 2. The van der Waals surface area contributed by atoms with Crippen molar-refractivity contribution in [1.82, 2.24) is 5.32 Å². The molecule has 2 aliphatic rings. The minimum Gasteiger partial charge on any atom is -0.369 e. The van der Waals surface area contributed by atoms with Crippen LogP contribution in [0.5, 0.6) is 0 Å². The van der Waals surface area contributed by atoms with E-state index < -0.39 is 66.2 Å². The van der Waals surface area contributed by atoms with Crippen LogP contribution in [-0.4, -0.2) is 36.4 Å². The Morgan fingerprint density at radius 2 is 1.73 bits per heavy atom. The number of primary amides is 1. The minimum absolute atomic E-state index is 0.0645. The number of halogens is 7. The SMILES string of the molecule is NC(=O)[C@@H](CC1CC1)[C@@H](CCC(F)(F)F)C(=O)N[C@H]1CN(c2cccc(C(F)(F)F)c2)c2cccc(Cl)c2CC1=O. The molecule has 0 radical (unpaired) electrons. The molecule has 6 nitrogen and oxygen atoms in total. The summed E-state index contributed by atoms with van der Waals surface area (Å²) in [7, 11) is 0. The van der Waals surface area contributed by atoms with E-state index in [9.17, 15) is 40.7 Å². The highest BCUT2D eigenvalue weighted by Gasteiger charge is 2.41. The first-order valence-corrected chi connectivity index (χ1v) is 13.4. The van der Waals surface area contributed by atoms with Crippen molar-refractivity contribution < 1.29 is 40.7 Å². The van der Waals surface area contributed by atoms with Gasteiger partial charge in [0.25, 0.3) is 0 Å². The lowest BCUT2D eigenvalue weighted by molar-refractivity contribution is -0.146. The number of anilines is 2. The Balaban J connectivity index is 1.67. The molecular weight excluding hydrogens is 576 g/mol. The average molecular weight is 604 g/mol. The van der Waals surface area contributed by atoms with Crippen LogP contribution in [0.1, 0.15) is 43.2 Å². The molecule has 4 rings (SSSR count). The van der Waals surface area contributed by atoms with E-state index in [0.29, 0.717) is 11.3 Å². The largest absolute Gasteiger partial charge is 0.416 e. The summed E-state index contributed by atoms with van der Waals surface area (Å²) < 4.78 is 79.9. The number of hydrogen-bond acceptors (Lipinski definition) is 4. The van der Waals surface area contributed by atoms with Crippen LogP contribution in [0.3, 0.4) is 0 Å². The quantitative estimate of drug-likeness (QED) is 0.346. The van der Waals surface area contributed by atoms with E-state index in [4.69, 9.17) is 17.3 Å². The predicted molar refractivity (Wildman–Crippen MR) is 139 cm³/mol. The average Bonchev–Trinajstić information content (AvgIpc) is 3.71. The molecule has 3 atom stereocenters. The maximum Gasteiger partial charge on any atom is 0.416 e. The Kier molecular flexibility index (Phi) is 8.91. The van der Waals surface area contributed by atoms with Crippen molar-refractivity contribution in [3.63, 3.8) is 0 Å². The highest BCUT2D eigenvalue weighted by molar-refractivity contribution is 6.32. The molecule has 1 aliphatic heterocycles. The number of nitrogens with one attached hydrogen (secondary N) is 1. The Labute approximate surface area is 237 Å². The third-order valence-corrected chi connectivity index (χ3v) is 7.86. The van der Waals surface area contributed by atoms with Crippen LogP contribution in [0.15, 0.2) is 42.5 Å². The number of fused-ring (bicyclic) bond motifs is 1. The van der Waals surface area contributed by atoms with Crippen LogP contribution in [0.25, 0.3) is 0 Å². The Morgan fingerprint density at radius 1 is 1.05 bits per heavy atom. The second-order valence-electron chi connectivity index (χ2n) is 10.5. The summed E-state index contributed by atoms with van der Waals surface area (Å²) in [5.74, 6) is -4.94. The van der Waals surface area contributed by atoms with Crippen molar-refractivity contribution in [2.45, 2.75) is 56.9 Å². The molecule has 1 heterocycles. The van der Waals surface area contributed by atoms with Gasteiger partial charge in [-0.05, 0) is 49.1 Å². The summed E-state index contributed by atoms with van der Waals surface area (Å²) in [6.07, 6.45) is -9.90. The third-order valence-electron chi connectivity index (χ3n) is 7.50. The van der Waals surface area contributed by atoms with Crippen molar-refractivity contribution in [1.29, 1.82) is 0 Å². The molecule has 0 bridgehead atoms. The zero-order valence-corrected chi connectivity index (χ0v) is 22.5. The van der Waals surface area contributed by atoms with Crippen LogP contribution >= 0.6 is 11.6 Å². The minimum atomic E-state index is -4.65. The first-order valence-electron chi connectivity index (χ1n) is 13.1. The van der Waals surface area contributed by atoms with Crippen molar-refractivity contribution in [2.24, 2.45) is 23.5 Å². The Bertz CT molecular complexity index is 1310. The van der Waals surface area contributed by atoms with Crippen molar-refractivity contribution in [3.05, 3.63) is 58.6 Å². The molecule has 2 aromatic carbocycles. The predicted octanol–water partition coefficient (Wildman–Crippen LogP) is 5.97. The summed E-state index contributed by atoms with van der Waals surface area (Å²) in [6.45, 7) is -0.324.